The van der Waals surface area contributed by atoms with Crippen LogP contribution in [0.3, 0.4) is 0 Å². The van der Waals surface area contributed by atoms with Gasteiger partial charge in [0.2, 0.25) is 0 Å². The molecule has 0 fully saturated rings. The van der Waals surface area contributed by atoms with Crippen LogP contribution in [-0.4, -0.2) is 9.38 Å². The van der Waals surface area contributed by atoms with Crippen LogP contribution < -0.4 is 5.32 Å². The number of nitrogens with zero attached hydrogens (tertiary/aromatic N) is 2. The molecule has 1 aromatic carbocycles. The Kier molecular flexibility index (Phi) is 3.09. The van der Waals surface area contributed by atoms with Gasteiger partial charge in [0.1, 0.15) is 0 Å². The maximum atomic E-state index is 4.54. The lowest BCUT2D eigenvalue weighted by Gasteiger charge is -2.06. The summed E-state index contributed by atoms with van der Waals surface area (Å²) in [4.78, 5) is 5.59. The van der Waals surface area contributed by atoms with Crippen molar-refractivity contribution in [3.63, 3.8) is 0 Å². The van der Waals surface area contributed by atoms with E-state index in [2.05, 4.69) is 61.3 Å². The van der Waals surface area contributed by atoms with E-state index in [9.17, 15) is 0 Å². The summed E-state index contributed by atoms with van der Waals surface area (Å²) >= 11 is 5.14. The van der Waals surface area contributed by atoms with Gasteiger partial charge in [-0.2, -0.15) is 0 Å². The molecule has 2 heterocycles. The summed E-state index contributed by atoms with van der Waals surface area (Å²) < 4.78 is 3.23. The molecule has 92 valence electrons. The van der Waals surface area contributed by atoms with E-state index in [1.54, 1.807) is 11.3 Å². The minimum atomic E-state index is 0.778. The molecule has 0 amide bonds. The first kappa shape index (κ1) is 11.7. The van der Waals surface area contributed by atoms with Crippen LogP contribution in [0.25, 0.3) is 4.96 Å². The summed E-state index contributed by atoms with van der Waals surface area (Å²) in [5.41, 5.74) is 3.41. The molecule has 0 saturated carbocycles. The van der Waals surface area contributed by atoms with Crippen LogP contribution in [0.5, 0.6) is 0 Å². The Hall–Kier alpha value is -1.33. The third kappa shape index (κ3) is 2.15. The highest BCUT2D eigenvalue weighted by Crippen LogP contribution is 2.20. The zero-order chi connectivity index (χ0) is 12.5. The number of halogens is 1. The maximum absolute atomic E-state index is 4.54. The number of benzene rings is 1. The summed E-state index contributed by atoms with van der Waals surface area (Å²) in [6.07, 6.45) is 2.07. The number of hydrogen-bond donors (Lipinski definition) is 1. The van der Waals surface area contributed by atoms with E-state index < -0.39 is 0 Å². The molecule has 0 atom stereocenters. The first-order valence-electron chi connectivity index (χ1n) is 5.64. The Bertz CT molecular complexity index is 686. The van der Waals surface area contributed by atoms with E-state index in [0.717, 1.165) is 27.4 Å². The molecule has 0 aliphatic rings. The minimum Gasteiger partial charge on any atom is -0.379 e. The van der Waals surface area contributed by atoms with Crippen molar-refractivity contribution in [2.75, 3.05) is 5.32 Å². The maximum Gasteiger partial charge on any atom is 0.194 e. The number of nitrogens with one attached hydrogen (secondary N) is 1. The average Bonchev–Trinajstić information content (AvgIpc) is 2.87. The molecule has 2 aromatic heterocycles. The second kappa shape index (κ2) is 4.74. The van der Waals surface area contributed by atoms with Gasteiger partial charge in [-0.25, -0.2) is 4.98 Å². The summed E-state index contributed by atoms with van der Waals surface area (Å²) in [6.45, 7) is 2.83. The molecular weight excluding hydrogens is 310 g/mol. The van der Waals surface area contributed by atoms with E-state index in [0.29, 0.717) is 0 Å². The highest BCUT2D eigenvalue weighted by molar-refractivity contribution is 9.10. The molecule has 0 aliphatic heterocycles. The van der Waals surface area contributed by atoms with Gasteiger partial charge in [0, 0.05) is 21.7 Å². The van der Waals surface area contributed by atoms with Gasteiger partial charge in [0.15, 0.2) is 4.96 Å². The Labute approximate surface area is 118 Å². The minimum absolute atomic E-state index is 0.778. The van der Waals surface area contributed by atoms with Gasteiger partial charge in [-0.05, 0) is 25.1 Å². The number of anilines is 1. The van der Waals surface area contributed by atoms with Crippen LogP contribution in [0.2, 0.25) is 0 Å². The summed E-state index contributed by atoms with van der Waals surface area (Å²) in [7, 11) is 0. The third-order valence-electron chi connectivity index (χ3n) is 2.85. The monoisotopic (exact) mass is 321 g/mol. The molecule has 0 bridgehead atoms. The highest BCUT2D eigenvalue weighted by Gasteiger charge is 2.08. The van der Waals surface area contributed by atoms with E-state index in [4.69, 9.17) is 0 Å². The lowest BCUT2D eigenvalue weighted by molar-refractivity contribution is 0.994. The molecule has 3 aromatic rings. The SMILES string of the molecule is Cc1nc2sccn2c1CNc1cccc(Br)c1. The summed E-state index contributed by atoms with van der Waals surface area (Å²) in [6, 6.07) is 8.18. The van der Waals surface area contributed by atoms with Crippen molar-refractivity contribution in [1.82, 2.24) is 9.38 Å². The number of aromatic nitrogens is 2. The Morgan fingerprint density at radius 1 is 1.44 bits per heavy atom. The lowest BCUT2D eigenvalue weighted by Crippen LogP contribution is -2.03. The van der Waals surface area contributed by atoms with Crippen LogP contribution in [0.1, 0.15) is 11.4 Å². The van der Waals surface area contributed by atoms with Crippen molar-refractivity contribution in [2.45, 2.75) is 13.5 Å². The van der Waals surface area contributed by atoms with Crippen molar-refractivity contribution < 1.29 is 0 Å². The molecule has 0 aliphatic carbocycles. The lowest BCUT2D eigenvalue weighted by atomic mass is 10.3. The first-order chi connectivity index (χ1) is 8.74. The van der Waals surface area contributed by atoms with Gasteiger partial charge in [0.05, 0.1) is 17.9 Å². The number of aryl methyl sites for hydroxylation is 1. The fourth-order valence-corrected chi connectivity index (χ4v) is 3.12. The molecule has 5 heteroatoms. The summed E-state index contributed by atoms with van der Waals surface area (Å²) in [5.74, 6) is 0. The second-order valence-corrected chi connectivity index (χ2v) is 5.85. The predicted molar refractivity (Wildman–Crippen MR) is 79.3 cm³/mol. The number of imidazole rings is 1. The van der Waals surface area contributed by atoms with Crippen LogP contribution in [0.4, 0.5) is 5.69 Å². The smallest absolute Gasteiger partial charge is 0.194 e. The van der Waals surface area contributed by atoms with Crippen molar-refractivity contribution in [3.8, 4) is 0 Å². The Morgan fingerprint density at radius 3 is 3.17 bits per heavy atom. The van der Waals surface area contributed by atoms with Gasteiger partial charge in [0.25, 0.3) is 0 Å². The second-order valence-electron chi connectivity index (χ2n) is 4.06. The van der Waals surface area contributed by atoms with Gasteiger partial charge in [-0.3, -0.25) is 4.40 Å². The van der Waals surface area contributed by atoms with Crippen LogP contribution >= 0.6 is 27.3 Å². The Morgan fingerprint density at radius 2 is 2.33 bits per heavy atom. The molecule has 3 nitrogen and oxygen atoms in total. The molecule has 3 rings (SSSR count). The standard InChI is InChI=1S/C13H12BrN3S/c1-9-12(17-5-6-18-13(17)16-9)8-15-11-4-2-3-10(14)7-11/h2-7,15H,8H2,1H3. The zero-order valence-corrected chi connectivity index (χ0v) is 12.3. The van der Waals surface area contributed by atoms with Crippen molar-refractivity contribution in [1.29, 1.82) is 0 Å². The molecule has 1 N–H and O–H groups in total. The van der Waals surface area contributed by atoms with E-state index in [-0.39, 0.29) is 0 Å². The van der Waals surface area contributed by atoms with Crippen molar-refractivity contribution >= 4 is 37.9 Å². The zero-order valence-electron chi connectivity index (χ0n) is 9.85. The summed E-state index contributed by atoms with van der Waals surface area (Å²) in [5, 5.41) is 5.48. The van der Waals surface area contributed by atoms with Crippen LogP contribution in [0.15, 0.2) is 40.3 Å². The Balaban J connectivity index is 1.84. The topological polar surface area (TPSA) is 29.3 Å². The van der Waals surface area contributed by atoms with Crippen molar-refractivity contribution in [3.05, 3.63) is 51.7 Å². The molecule has 0 saturated heterocycles. The van der Waals surface area contributed by atoms with Gasteiger partial charge in [-0.1, -0.05) is 22.0 Å². The number of thiazole rings is 1. The first-order valence-corrected chi connectivity index (χ1v) is 7.32. The van der Waals surface area contributed by atoms with Gasteiger partial charge >= 0.3 is 0 Å². The highest BCUT2D eigenvalue weighted by atomic mass is 79.9. The quantitative estimate of drug-likeness (QED) is 0.787. The molecule has 0 spiro atoms. The largest absolute Gasteiger partial charge is 0.379 e. The van der Waals surface area contributed by atoms with Crippen LogP contribution in [-0.2, 0) is 6.54 Å². The van der Waals surface area contributed by atoms with E-state index in [1.807, 2.05) is 12.1 Å². The normalized spacial score (nSPS) is 11.0. The van der Waals surface area contributed by atoms with Gasteiger partial charge in [-0.15, -0.1) is 11.3 Å². The fraction of sp³-hybridized carbons (Fsp3) is 0.154. The average molecular weight is 322 g/mol. The molecule has 0 unspecified atom stereocenters. The number of fused-ring (bicyclic) bond motifs is 1. The molecule has 0 radical (unpaired) electrons. The molecule has 18 heavy (non-hydrogen) atoms. The van der Waals surface area contributed by atoms with E-state index >= 15 is 0 Å². The predicted octanol–water partition coefficient (Wildman–Crippen LogP) is 4.08. The van der Waals surface area contributed by atoms with E-state index in [1.165, 1.54) is 5.69 Å². The molecular formula is C13H12BrN3S. The van der Waals surface area contributed by atoms with Gasteiger partial charge < -0.3 is 5.32 Å². The fourth-order valence-electron chi connectivity index (χ4n) is 1.94. The van der Waals surface area contributed by atoms with Crippen molar-refractivity contribution in [2.24, 2.45) is 0 Å². The number of rotatable bonds is 3. The third-order valence-corrected chi connectivity index (χ3v) is 4.10. The van der Waals surface area contributed by atoms with Crippen LogP contribution in [0, 0.1) is 6.92 Å². The number of hydrogen-bond acceptors (Lipinski definition) is 3.